The number of anilines is 2. The largest absolute Gasteiger partial charge is 0.382 e. The Bertz CT molecular complexity index is 615. The first kappa shape index (κ1) is 21.2. The van der Waals surface area contributed by atoms with E-state index in [-0.39, 0.29) is 18.4 Å². The van der Waals surface area contributed by atoms with Crippen molar-refractivity contribution in [2.45, 2.75) is 32.6 Å². The Kier molecular flexibility index (Phi) is 9.07. The second-order valence-electron chi connectivity index (χ2n) is 6.57. The lowest BCUT2D eigenvalue weighted by Crippen LogP contribution is -2.33. The molecule has 0 aliphatic carbocycles. The maximum absolute atomic E-state index is 12.8. The standard InChI is InChI=1S/C20H31N3O4/c1-3-27-13-7-10-21-20(25)17-14-16(22-19(24)15-26-2)8-9-18(17)23-11-5-4-6-12-23/h8-9,14H,3-7,10-13,15H2,1-2H3,(H,21,25)(H,22,24). The maximum atomic E-state index is 12.8. The van der Waals surface area contributed by atoms with Crippen LogP contribution in [-0.2, 0) is 14.3 Å². The summed E-state index contributed by atoms with van der Waals surface area (Å²) in [5, 5.41) is 5.73. The minimum absolute atomic E-state index is 0.0210. The van der Waals surface area contributed by atoms with Gasteiger partial charge in [0.25, 0.3) is 5.91 Å². The summed E-state index contributed by atoms with van der Waals surface area (Å²) in [6.07, 6.45) is 4.24. The van der Waals surface area contributed by atoms with Crippen molar-refractivity contribution in [2.24, 2.45) is 0 Å². The number of nitrogens with zero attached hydrogens (tertiary/aromatic N) is 1. The van der Waals surface area contributed by atoms with Gasteiger partial charge in [0.2, 0.25) is 5.91 Å². The Morgan fingerprint density at radius 1 is 1.19 bits per heavy atom. The molecule has 2 amide bonds. The van der Waals surface area contributed by atoms with Crippen LogP contribution in [0, 0.1) is 0 Å². The van der Waals surface area contributed by atoms with Crippen molar-refractivity contribution >= 4 is 23.2 Å². The molecule has 0 radical (unpaired) electrons. The average molecular weight is 377 g/mol. The van der Waals surface area contributed by atoms with E-state index in [0.29, 0.717) is 31.0 Å². The highest BCUT2D eigenvalue weighted by molar-refractivity contribution is 6.02. The Hall–Kier alpha value is -2.12. The summed E-state index contributed by atoms with van der Waals surface area (Å²) in [4.78, 5) is 26.8. The molecule has 1 saturated heterocycles. The van der Waals surface area contributed by atoms with E-state index in [1.165, 1.54) is 13.5 Å². The van der Waals surface area contributed by atoms with Crippen molar-refractivity contribution < 1.29 is 19.1 Å². The van der Waals surface area contributed by atoms with Gasteiger partial charge < -0.3 is 25.0 Å². The number of ether oxygens (including phenoxy) is 2. The Morgan fingerprint density at radius 3 is 2.67 bits per heavy atom. The maximum Gasteiger partial charge on any atom is 0.253 e. The summed E-state index contributed by atoms with van der Waals surface area (Å²) < 4.78 is 10.2. The quantitative estimate of drug-likeness (QED) is 0.612. The van der Waals surface area contributed by atoms with E-state index >= 15 is 0 Å². The SMILES string of the molecule is CCOCCCNC(=O)c1cc(NC(=O)COC)ccc1N1CCCCC1. The number of hydrogen-bond donors (Lipinski definition) is 2. The van der Waals surface area contributed by atoms with Gasteiger partial charge in [-0.15, -0.1) is 0 Å². The molecule has 1 aliphatic heterocycles. The number of methoxy groups -OCH3 is 1. The lowest BCUT2D eigenvalue weighted by Gasteiger charge is -2.30. The van der Waals surface area contributed by atoms with Crippen LogP contribution >= 0.6 is 0 Å². The van der Waals surface area contributed by atoms with Gasteiger partial charge in [0.05, 0.1) is 5.56 Å². The molecule has 150 valence electrons. The Balaban J connectivity index is 2.12. The molecule has 1 aromatic rings. The van der Waals surface area contributed by atoms with Crippen LogP contribution < -0.4 is 15.5 Å². The number of benzene rings is 1. The van der Waals surface area contributed by atoms with E-state index in [1.54, 1.807) is 6.07 Å². The van der Waals surface area contributed by atoms with E-state index in [4.69, 9.17) is 9.47 Å². The summed E-state index contributed by atoms with van der Waals surface area (Å²) in [7, 11) is 1.47. The van der Waals surface area contributed by atoms with Gasteiger partial charge in [-0.25, -0.2) is 0 Å². The highest BCUT2D eigenvalue weighted by Gasteiger charge is 2.19. The van der Waals surface area contributed by atoms with E-state index in [1.807, 2.05) is 19.1 Å². The molecule has 0 aromatic heterocycles. The summed E-state index contributed by atoms with van der Waals surface area (Å²) in [6, 6.07) is 5.50. The van der Waals surface area contributed by atoms with E-state index < -0.39 is 0 Å². The highest BCUT2D eigenvalue weighted by atomic mass is 16.5. The molecule has 0 bridgehead atoms. The molecule has 2 rings (SSSR count). The second kappa shape index (κ2) is 11.6. The van der Waals surface area contributed by atoms with Crippen LogP contribution in [0.1, 0.15) is 43.0 Å². The van der Waals surface area contributed by atoms with Gasteiger partial charge in [0.15, 0.2) is 0 Å². The van der Waals surface area contributed by atoms with Gasteiger partial charge >= 0.3 is 0 Å². The molecular formula is C20H31N3O4. The van der Waals surface area contributed by atoms with Crippen molar-refractivity contribution in [1.29, 1.82) is 0 Å². The number of nitrogens with one attached hydrogen (secondary N) is 2. The van der Waals surface area contributed by atoms with Gasteiger partial charge in [0.1, 0.15) is 6.61 Å². The van der Waals surface area contributed by atoms with E-state index in [9.17, 15) is 9.59 Å². The number of hydrogen-bond acceptors (Lipinski definition) is 5. The van der Waals surface area contributed by atoms with Crippen LogP contribution in [0.25, 0.3) is 0 Å². The molecule has 1 aliphatic rings. The van der Waals surface area contributed by atoms with E-state index in [0.717, 1.165) is 38.0 Å². The third kappa shape index (κ3) is 6.84. The molecule has 7 heteroatoms. The fourth-order valence-corrected chi connectivity index (χ4v) is 3.15. The summed E-state index contributed by atoms with van der Waals surface area (Å²) in [6.45, 7) is 5.68. The number of carbonyl (C=O) groups excluding carboxylic acids is 2. The van der Waals surface area contributed by atoms with Gasteiger partial charge in [-0.3, -0.25) is 9.59 Å². The minimum Gasteiger partial charge on any atom is -0.382 e. The highest BCUT2D eigenvalue weighted by Crippen LogP contribution is 2.27. The van der Waals surface area contributed by atoms with Crippen LogP contribution in [0.3, 0.4) is 0 Å². The summed E-state index contributed by atoms with van der Waals surface area (Å²) in [5.74, 6) is -0.374. The van der Waals surface area contributed by atoms with Crippen molar-refractivity contribution in [3.63, 3.8) is 0 Å². The van der Waals surface area contributed by atoms with Crippen LogP contribution in [-0.4, -0.2) is 58.4 Å². The topological polar surface area (TPSA) is 79.9 Å². The third-order valence-corrected chi connectivity index (χ3v) is 4.45. The molecule has 2 N–H and O–H groups in total. The monoisotopic (exact) mass is 377 g/mol. The molecule has 0 unspecified atom stereocenters. The number of piperidine rings is 1. The lowest BCUT2D eigenvalue weighted by atomic mass is 10.1. The van der Waals surface area contributed by atoms with E-state index in [2.05, 4.69) is 15.5 Å². The molecule has 0 saturated carbocycles. The average Bonchev–Trinajstić information content (AvgIpc) is 2.68. The smallest absolute Gasteiger partial charge is 0.253 e. The van der Waals surface area contributed by atoms with Crippen molar-refractivity contribution in [1.82, 2.24) is 5.32 Å². The molecule has 0 spiro atoms. The first-order valence-corrected chi connectivity index (χ1v) is 9.69. The first-order chi connectivity index (χ1) is 13.2. The number of amides is 2. The fraction of sp³-hybridized carbons (Fsp3) is 0.600. The first-order valence-electron chi connectivity index (χ1n) is 9.69. The number of rotatable bonds is 10. The van der Waals surface area contributed by atoms with Gasteiger partial charge in [-0.2, -0.15) is 0 Å². The molecule has 1 fully saturated rings. The fourth-order valence-electron chi connectivity index (χ4n) is 3.15. The Morgan fingerprint density at radius 2 is 1.96 bits per heavy atom. The third-order valence-electron chi connectivity index (χ3n) is 4.45. The molecule has 1 heterocycles. The minimum atomic E-state index is -0.244. The molecule has 7 nitrogen and oxygen atoms in total. The molecule has 27 heavy (non-hydrogen) atoms. The zero-order valence-corrected chi connectivity index (χ0v) is 16.4. The van der Waals surface area contributed by atoms with Gasteiger partial charge in [-0.1, -0.05) is 0 Å². The van der Waals surface area contributed by atoms with Crippen molar-refractivity contribution in [2.75, 3.05) is 56.8 Å². The summed E-state index contributed by atoms with van der Waals surface area (Å²) >= 11 is 0. The Labute approximate surface area is 161 Å². The predicted molar refractivity (Wildman–Crippen MR) is 106 cm³/mol. The van der Waals surface area contributed by atoms with Crippen LogP contribution in [0.4, 0.5) is 11.4 Å². The molecule has 0 atom stereocenters. The summed E-state index contributed by atoms with van der Waals surface area (Å²) in [5.41, 5.74) is 2.10. The molecular weight excluding hydrogens is 346 g/mol. The second-order valence-corrected chi connectivity index (χ2v) is 6.57. The predicted octanol–water partition coefficient (Wildman–Crippen LogP) is 2.42. The lowest BCUT2D eigenvalue weighted by molar-refractivity contribution is -0.119. The van der Waals surface area contributed by atoms with Crippen molar-refractivity contribution in [3.05, 3.63) is 23.8 Å². The number of carbonyl (C=O) groups is 2. The van der Waals surface area contributed by atoms with Crippen molar-refractivity contribution in [3.8, 4) is 0 Å². The van der Waals surface area contributed by atoms with Crippen LogP contribution in [0.5, 0.6) is 0 Å². The normalized spacial score (nSPS) is 14.1. The molecule has 1 aromatic carbocycles. The van der Waals surface area contributed by atoms with Gasteiger partial charge in [-0.05, 0) is 50.8 Å². The zero-order chi connectivity index (χ0) is 19.5. The van der Waals surface area contributed by atoms with Gasteiger partial charge in [0, 0.05) is 51.3 Å². The zero-order valence-electron chi connectivity index (χ0n) is 16.4. The van der Waals surface area contributed by atoms with Crippen LogP contribution in [0.2, 0.25) is 0 Å². The van der Waals surface area contributed by atoms with Crippen LogP contribution in [0.15, 0.2) is 18.2 Å².